The maximum atomic E-state index is 13.1. The minimum Gasteiger partial charge on any atom is -0.375 e. The summed E-state index contributed by atoms with van der Waals surface area (Å²) in [6, 6.07) is 2.99. The fourth-order valence-corrected chi connectivity index (χ4v) is 1.06. The molecule has 0 aromatic heterocycles. The molecule has 0 aliphatic rings. The predicted octanol–water partition coefficient (Wildman–Crippen LogP) is 0.372. The van der Waals surface area contributed by atoms with Gasteiger partial charge in [0.15, 0.2) is 5.11 Å². The van der Waals surface area contributed by atoms with Crippen LogP contribution in [0.25, 0.3) is 0 Å². The van der Waals surface area contributed by atoms with E-state index in [-0.39, 0.29) is 17.1 Å². The first kappa shape index (κ1) is 12.3. The molecule has 7 heteroatoms. The molecular weight excluding hydrogens is 236 g/mol. The Kier molecular flexibility index (Phi) is 4.12. The van der Waals surface area contributed by atoms with E-state index in [4.69, 9.17) is 5.73 Å². The van der Waals surface area contributed by atoms with Gasteiger partial charge < -0.3 is 5.73 Å². The van der Waals surface area contributed by atoms with Gasteiger partial charge in [0.2, 0.25) is 5.91 Å². The van der Waals surface area contributed by atoms with Crippen LogP contribution >= 0.6 is 12.2 Å². The largest absolute Gasteiger partial charge is 0.375 e. The summed E-state index contributed by atoms with van der Waals surface area (Å²) < 4.78 is 25.7. The second kappa shape index (κ2) is 5.36. The maximum Gasteiger partial charge on any atom is 0.242 e. The number of hydrogen-bond donors (Lipinski definition) is 3. The van der Waals surface area contributed by atoms with Gasteiger partial charge in [0.25, 0.3) is 0 Å². The van der Waals surface area contributed by atoms with E-state index >= 15 is 0 Å². The number of carbonyl (C=O) groups is 1. The number of nitrogens with two attached hydrogens (primary N) is 1. The molecule has 4 nitrogen and oxygen atoms in total. The zero-order chi connectivity index (χ0) is 12.1. The average Bonchev–Trinajstić information content (AvgIpc) is 2.19. The summed E-state index contributed by atoms with van der Waals surface area (Å²) in [5.74, 6) is -1.99. The zero-order valence-electron chi connectivity index (χ0n) is 8.09. The van der Waals surface area contributed by atoms with Gasteiger partial charge in [0.1, 0.15) is 11.6 Å². The summed E-state index contributed by atoms with van der Waals surface area (Å²) in [5, 5.41) is -0.104. The minimum atomic E-state index is -0.773. The molecule has 0 aliphatic carbocycles. The normalized spacial score (nSPS) is 9.62. The average molecular weight is 245 g/mol. The van der Waals surface area contributed by atoms with E-state index in [9.17, 15) is 13.6 Å². The van der Waals surface area contributed by atoms with Crippen LogP contribution in [0, 0.1) is 11.6 Å². The number of hydrogen-bond acceptors (Lipinski definition) is 2. The Hall–Kier alpha value is -1.76. The molecule has 1 aromatic rings. The number of amides is 1. The van der Waals surface area contributed by atoms with Crippen molar-refractivity contribution in [2.45, 2.75) is 6.42 Å². The molecule has 0 saturated heterocycles. The van der Waals surface area contributed by atoms with Crippen molar-refractivity contribution in [2.24, 2.45) is 5.73 Å². The second-order valence-corrected chi connectivity index (χ2v) is 3.39. The van der Waals surface area contributed by atoms with Crippen molar-refractivity contribution >= 4 is 23.2 Å². The van der Waals surface area contributed by atoms with Gasteiger partial charge in [-0.3, -0.25) is 15.6 Å². The number of thiocarbonyl (C=S) groups is 1. The van der Waals surface area contributed by atoms with Gasteiger partial charge in [-0.15, -0.1) is 0 Å². The van der Waals surface area contributed by atoms with Gasteiger partial charge in [-0.2, -0.15) is 0 Å². The molecule has 86 valence electrons. The molecular formula is C9H9F2N3OS. The lowest BCUT2D eigenvalue weighted by atomic mass is 10.1. The Morgan fingerprint density at radius 2 is 2.06 bits per heavy atom. The number of benzene rings is 1. The first-order valence-corrected chi connectivity index (χ1v) is 4.68. The Morgan fingerprint density at radius 1 is 1.38 bits per heavy atom. The van der Waals surface area contributed by atoms with Gasteiger partial charge in [-0.25, -0.2) is 8.78 Å². The van der Waals surface area contributed by atoms with Crippen LogP contribution in [0.15, 0.2) is 18.2 Å². The molecule has 0 aliphatic heterocycles. The number of rotatable bonds is 2. The van der Waals surface area contributed by atoms with Crippen molar-refractivity contribution in [1.82, 2.24) is 10.9 Å². The molecule has 0 unspecified atom stereocenters. The highest BCUT2D eigenvalue weighted by atomic mass is 32.1. The van der Waals surface area contributed by atoms with Crippen LogP contribution in [0.4, 0.5) is 8.78 Å². The van der Waals surface area contributed by atoms with Crippen LogP contribution in [-0.4, -0.2) is 11.0 Å². The Labute approximate surface area is 95.8 Å². The van der Waals surface area contributed by atoms with Crippen LogP contribution in [0.3, 0.4) is 0 Å². The van der Waals surface area contributed by atoms with Gasteiger partial charge in [0.05, 0.1) is 6.42 Å². The molecule has 0 atom stereocenters. The number of halogens is 2. The highest BCUT2D eigenvalue weighted by molar-refractivity contribution is 7.80. The molecule has 0 radical (unpaired) electrons. The summed E-state index contributed by atoms with van der Waals surface area (Å²) in [6.07, 6.45) is -0.234. The van der Waals surface area contributed by atoms with E-state index in [1.165, 1.54) is 6.07 Å². The van der Waals surface area contributed by atoms with E-state index in [0.29, 0.717) is 6.07 Å². The quantitative estimate of drug-likeness (QED) is 0.520. The lowest BCUT2D eigenvalue weighted by Crippen LogP contribution is -2.45. The molecule has 1 rings (SSSR count). The fraction of sp³-hybridized carbons (Fsp3) is 0.111. The number of hydrazine groups is 1. The van der Waals surface area contributed by atoms with Crippen LogP contribution < -0.4 is 16.6 Å². The minimum absolute atomic E-state index is 0.0867. The highest BCUT2D eigenvalue weighted by Crippen LogP contribution is 2.09. The monoisotopic (exact) mass is 245 g/mol. The SMILES string of the molecule is NC(=S)NNC(=O)Cc1ccc(F)cc1F. The first-order chi connectivity index (χ1) is 7.49. The lowest BCUT2D eigenvalue weighted by Gasteiger charge is -2.06. The predicted molar refractivity (Wildman–Crippen MR) is 58.1 cm³/mol. The molecule has 0 heterocycles. The summed E-state index contributed by atoms with van der Waals surface area (Å²) in [7, 11) is 0. The lowest BCUT2D eigenvalue weighted by molar-refractivity contribution is -0.121. The molecule has 1 aromatic carbocycles. The number of carbonyl (C=O) groups excluding carboxylic acids is 1. The fourth-order valence-electron chi connectivity index (χ4n) is 1.01. The van der Waals surface area contributed by atoms with Gasteiger partial charge in [-0.05, 0) is 23.8 Å². The van der Waals surface area contributed by atoms with E-state index in [1.807, 2.05) is 0 Å². The van der Waals surface area contributed by atoms with Gasteiger partial charge in [0, 0.05) is 6.07 Å². The van der Waals surface area contributed by atoms with E-state index in [0.717, 1.165) is 6.07 Å². The van der Waals surface area contributed by atoms with Crippen LogP contribution in [0.1, 0.15) is 5.56 Å². The third-order valence-electron chi connectivity index (χ3n) is 1.69. The van der Waals surface area contributed by atoms with Crippen molar-refractivity contribution < 1.29 is 13.6 Å². The summed E-state index contributed by atoms with van der Waals surface area (Å²) >= 11 is 4.45. The summed E-state index contributed by atoms with van der Waals surface area (Å²) in [6.45, 7) is 0. The van der Waals surface area contributed by atoms with Crippen molar-refractivity contribution in [2.75, 3.05) is 0 Å². The second-order valence-electron chi connectivity index (χ2n) is 2.95. The highest BCUT2D eigenvalue weighted by Gasteiger charge is 2.08. The Morgan fingerprint density at radius 3 is 2.62 bits per heavy atom. The number of nitrogens with one attached hydrogen (secondary N) is 2. The van der Waals surface area contributed by atoms with Crippen molar-refractivity contribution in [3.8, 4) is 0 Å². The first-order valence-electron chi connectivity index (χ1n) is 4.27. The van der Waals surface area contributed by atoms with E-state index in [1.54, 1.807) is 0 Å². The molecule has 1 amide bonds. The smallest absolute Gasteiger partial charge is 0.242 e. The summed E-state index contributed by atoms with van der Waals surface area (Å²) in [5.41, 5.74) is 9.52. The zero-order valence-corrected chi connectivity index (χ0v) is 8.91. The molecule has 0 bridgehead atoms. The van der Waals surface area contributed by atoms with E-state index < -0.39 is 17.5 Å². The molecule has 16 heavy (non-hydrogen) atoms. The molecule has 4 N–H and O–H groups in total. The third-order valence-corrected chi connectivity index (χ3v) is 1.79. The van der Waals surface area contributed by atoms with Crippen LogP contribution in [0.2, 0.25) is 0 Å². The standard InChI is InChI=1S/C9H9F2N3OS/c10-6-2-1-5(7(11)4-6)3-8(15)13-14-9(12)16/h1-2,4H,3H2,(H,13,15)(H3,12,14,16). The van der Waals surface area contributed by atoms with Crippen molar-refractivity contribution in [1.29, 1.82) is 0 Å². The molecule has 0 saturated carbocycles. The van der Waals surface area contributed by atoms with Crippen molar-refractivity contribution in [3.05, 3.63) is 35.4 Å². The Bertz CT molecular complexity index is 425. The van der Waals surface area contributed by atoms with Gasteiger partial charge in [-0.1, -0.05) is 6.07 Å². The topological polar surface area (TPSA) is 67.2 Å². The maximum absolute atomic E-state index is 13.1. The molecule has 0 spiro atoms. The van der Waals surface area contributed by atoms with Crippen molar-refractivity contribution in [3.63, 3.8) is 0 Å². The van der Waals surface area contributed by atoms with Gasteiger partial charge >= 0.3 is 0 Å². The van der Waals surface area contributed by atoms with E-state index in [2.05, 4.69) is 23.1 Å². The third kappa shape index (κ3) is 3.77. The Balaban J connectivity index is 2.59. The van der Waals surface area contributed by atoms with Crippen LogP contribution in [-0.2, 0) is 11.2 Å². The summed E-state index contributed by atoms with van der Waals surface area (Å²) in [4.78, 5) is 11.2. The molecule has 0 fully saturated rings. The van der Waals surface area contributed by atoms with Crippen LogP contribution in [0.5, 0.6) is 0 Å².